The van der Waals surface area contributed by atoms with Crippen LogP contribution >= 0.6 is 11.8 Å². The Bertz CT molecular complexity index is 1260. The molecule has 0 aromatic heterocycles. The first-order chi connectivity index (χ1) is 19.8. The molecule has 1 amide bonds. The first kappa shape index (κ1) is 30.4. The number of allylic oxidation sites excluding steroid dienone is 1. The number of methoxy groups -OCH3 is 3. The highest BCUT2D eigenvalue weighted by Crippen LogP contribution is 2.46. The largest absolute Gasteiger partial charge is 0.493 e. The lowest BCUT2D eigenvalue weighted by Crippen LogP contribution is -2.44. The summed E-state index contributed by atoms with van der Waals surface area (Å²) in [6, 6.07) is 4.84. The van der Waals surface area contributed by atoms with Crippen LogP contribution in [-0.2, 0) is 28.6 Å². The maximum Gasteiger partial charge on any atom is 0.338 e. The zero-order chi connectivity index (χ0) is 29.5. The number of amidine groups is 1. The summed E-state index contributed by atoms with van der Waals surface area (Å²) in [5, 5.41) is 2.55. The average molecular weight is 588 g/mol. The highest BCUT2D eigenvalue weighted by Gasteiger charge is 2.42. The Balaban J connectivity index is 1.64. The monoisotopic (exact) mass is 587 g/mol. The van der Waals surface area contributed by atoms with E-state index in [0.29, 0.717) is 59.8 Å². The van der Waals surface area contributed by atoms with Crippen LogP contribution in [0.2, 0.25) is 0 Å². The van der Waals surface area contributed by atoms with Gasteiger partial charge in [-0.05, 0) is 49.8 Å². The van der Waals surface area contributed by atoms with E-state index in [1.165, 1.54) is 18.9 Å². The lowest BCUT2D eigenvalue weighted by molar-refractivity contribution is -0.151. The molecular weight excluding hydrogens is 550 g/mol. The maximum atomic E-state index is 13.5. The molecule has 0 radical (unpaired) electrons. The standard InChI is InChI=1S/C29H37N3O8S/c1-6-39-27(34)20-8-7-11-31(16-20)24(33)15-21-17-41-29-30-18(2)25(28(35)40-13-12-36-3)26(32(21)29)19-9-10-22(37-4)23(14-19)38-5/h9-10,14,17,20,26H,6-8,11-13,15-16H2,1-5H3. The van der Waals surface area contributed by atoms with Gasteiger partial charge in [0.2, 0.25) is 5.91 Å². The van der Waals surface area contributed by atoms with Crippen LogP contribution in [0.4, 0.5) is 0 Å². The van der Waals surface area contributed by atoms with Crippen molar-refractivity contribution >= 4 is 34.8 Å². The molecular formula is C29H37N3O8S. The van der Waals surface area contributed by atoms with Crippen LogP contribution in [0, 0.1) is 5.92 Å². The predicted octanol–water partition coefficient (Wildman–Crippen LogP) is 3.66. The number of fused-ring (bicyclic) bond motifs is 1. The van der Waals surface area contributed by atoms with Crippen molar-refractivity contribution in [3.63, 3.8) is 0 Å². The summed E-state index contributed by atoms with van der Waals surface area (Å²) in [7, 11) is 4.64. The molecule has 12 heteroatoms. The zero-order valence-corrected chi connectivity index (χ0v) is 25.0. The Kier molecular flexibility index (Phi) is 10.3. The van der Waals surface area contributed by atoms with E-state index in [-0.39, 0.29) is 37.4 Å². The number of carbonyl (C=O) groups excluding carboxylic acids is 3. The van der Waals surface area contributed by atoms with Gasteiger partial charge in [0.05, 0.1) is 57.1 Å². The van der Waals surface area contributed by atoms with Gasteiger partial charge >= 0.3 is 11.9 Å². The fourth-order valence-corrected chi connectivity index (χ4v) is 6.15. The summed E-state index contributed by atoms with van der Waals surface area (Å²) >= 11 is 1.40. The van der Waals surface area contributed by atoms with Crippen molar-refractivity contribution in [3.8, 4) is 11.5 Å². The number of thioether (sulfide) groups is 1. The van der Waals surface area contributed by atoms with E-state index in [9.17, 15) is 14.4 Å². The number of likely N-dealkylation sites (tertiary alicyclic amines) is 1. The lowest BCUT2D eigenvalue weighted by Gasteiger charge is -2.37. The number of piperidine rings is 1. The Morgan fingerprint density at radius 2 is 1.85 bits per heavy atom. The zero-order valence-electron chi connectivity index (χ0n) is 24.1. The van der Waals surface area contributed by atoms with Gasteiger partial charge in [0.15, 0.2) is 16.7 Å². The second-order valence-electron chi connectivity index (χ2n) is 9.74. The minimum absolute atomic E-state index is 0.0798. The van der Waals surface area contributed by atoms with Crippen LogP contribution in [-0.4, -0.2) is 87.1 Å². The molecule has 0 spiro atoms. The first-order valence-electron chi connectivity index (χ1n) is 13.6. The molecule has 3 aliphatic heterocycles. The smallest absolute Gasteiger partial charge is 0.338 e. The van der Waals surface area contributed by atoms with Crippen molar-refractivity contribution in [2.24, 2.45) is 10.9 Å². The Labute approximate surface area is 244 Å². The van der Waals surface area contributed by atoms with Gasteiger partial charge in [-0.3, -0.25) is 9.59 Å². The molecule has 0 bridgehead atoms. The summed E-state index contributed by atoms with van der Waals surface area (Å²) in [6.45, 7) is 5.12. The number of hydrogen-bond acceptors (Lipinski definition) is 11. The number of benzene rings is 1. The number of amides is 1. The van der Waals surface area contributed by atoms with E-state index in [4.69, 9.17) is 28.7 Å². The number of nitrogens with zero attached hydrogens (tertiary/aromatic N) is 3. The first-order valence-corrected chi connectivity index (χ1v) is 14.5. The summed E-state index contributed by atoms with van der Waals surface area (Å²) in [6.07, 6.45) is 1.51. The SMILES string of the molecule is CCOC(=O)C1CCCN(C(=O)CC2=CSC3=NC(C)=C(C(=O)OCCOC)C(c4ccc(OC)c(OC)c4)N23)C1. The van der Waals surface area contributed by atoms with Gasteiger partial charge in [0.1, 0.15) is 6.61 Å². The fraction of sp³-hybridized carbons (Fsp3) is 0.517. The normalized spacial score (nSPS) is 20.2. The third-order valence-corrected chi connectivity index (χ3v) is 8.08. The van der Waals surface area contributed by atoms with Crippen molar-refractivity contribution in [1.82, 2.24) is 9.80 Å². The fourth-order valence-electron chi connectivity index (χ4n) is 5.19. The van der Waals surface area contributed by atoms with Crippen LogP contribution in [0.1, 0.15) is 44.7 Å². The van der Waals surface area contributed by atoms with E-state index in [1.807, 2.05) is 22.4 Å². The summed E-state index contributed by atoms with van der Waals surface area (Å²) in [5.41, 5.74) is 2.33. The van der Waals surface area contributed by atoms with Gasteiger partial charge in [-0.2, -0.15) is 0 Å². The number of hydrogen-bond donors (Lipinski definition) is 0. The van der Waals surface area contributed by atoms with Gasteiger partial charge in [0.25, 0.3) is 0 Å². The minimum atomic E-state index is -0.625. The van der Waals surface area contributed by atoms with Crippen molar-refractivity contribution in [2.75, 3.05) is 54.2 Å². The molecule has 41 heavy (non-hydrogen) atoms. The van der Waals surface area contributed by atoms with Gasteiger partial charge in [-0.1, -0.05) is 17.8 Å². The molecule has 1 aromatic rings. The van der Waals surface area contributed by atoms with E-state index in [2.05, 4.69) is 0 Å². The van der Waals surface area contributed by atoms with Crippen LogP contribution in [0.3, 0.4) is 0 Å². The molecule has 0 aliphatic carbocycles. The second-order valence-corrected chi connectivity index (χ2v) is 10.6. The van der Waals surface area contributed by atoms with Crippen molar-refractivity contribution in [3.05, 3.63) is 46.1 Å². The summed E-state index contributed by atoms with van der Waals surface area (Å²) < 4.78 is 26.8. The quantitative estimate of drug-likeness (QED) is 0.281. The molecule has 11 nitrogen and oxygen atoms in total. The lowest BCUT2D eigenvalue weighted by atomic mass is 9.93. The van der Waals surface area contributed by atoms with Gasteiger partial charge in [-0.25, -0.2) is 9.79 Å². The molecule has 1 saturated heterocycles. The van der Waals surface area contributed by atoms with E-state index in [0.717, 1.165) is 12.0 Å². The highest BCUT2D eigenvalue weighted by atomic mass is 32.2. The molecule has 3 heterocycles. The van der Waals surface area contributed by atoms with Crippen LogP contribution in [0.25, 0.3) is 0 Å². The molecule has 4 rings (SSSR count). The number of esters is 2. The number of aliphatic imine (C=N–C) groups is 1. The molecule has 1 fully saturated rings. The summed E-state index contributed by atoms with van der Waals surface area (Å²) in [5.74, 6) is -0.159. The minimum Gasteiger partial charge on any atom is -0.493 e. The van der Waals surface area contributed by atoms with Gasteiger partial charge in [0, 0.05) is 25.9 Å². The predicted molar refractivity (Wildman–Crippen MR) is 153 cm³/mol. The third kappa shape index (κ3) is 6.70. The highest BCUT2D eigenvalue weighted by molar-refractivity contribution is 8.16. The summed E-state index contributed by atoms with van der Waals surface area (Å²) in [4.78, 5) is 47.7. The number of ether oxygens (including phenoxy) is 5. The Morgan fingerprint density at radius 1 is 1.07 bits per heavy atom. The average Bonchev–Trinajstić information content (AvgIpc) is 3.37. The number of carbonyl (C=O) groups is 3. The third-order valence-electron chi connectivity index (χ3n) is 7.19. The molecule has 2 atom stereocenters. The molecule has 0 saturated carbocycles. The molecule has 3 aliphatic rings. The second kappa shape index (κ2) is 13.9. The Hall–Kier alpha value is -3.51. The molecule has 222 valence electrons. The molecule has 0 N–H and O–H groups in total. The molecule has 1 aromatic carbocycles. The van der Waals surface area contributed by atoms with Gasteiger partial charge in [-0.15, -0.1) is 0 Å². The van der Waals surface area contributed by atoms with Crippen molar-refractivity contribution < 1.29 is 38.1 Å². The molecule has 2 unspecified atom stereocenters. The van der Waals surface area contributed by atoms with E-state index < -0.39 is 12.0 Å². The maximum absolute atomic E-state index is 13.5. The van der Waals surface area contributed by atoms with Gasteiger partial charge < -0.3 is 33.5 Å². The van der Waals surface area contributed by atoms with Crippen LogP contribution < -0.4 is 9.47 Å². The topological polar surface area (TPSA) is 116 Å². The van der Waals surface area contributed by atoms with Crippen molar-refractivity contribution in [2.45, 2.75) is 39.2 Å². The van der Waals surface area contributed by atoms with Crippen LogP contribution in [0.5, 0.6) is 11.5 Å². The van der Waals surface area contributed by atoms with E-state index in [1.54, 1.807) is 39.0 Å². The Morgan fingerprint density at radius 3 is 2.56 bits per heavy atom. The number of rotatable bonds is 11. The van der Waals surface area contributed by atoms with E-state index >= 15 is 0 Å². The van der Waals surface area contributed by atoms with Crippen LogP contribution in [0.15, 0.2) is 45.6 Å². The van der Waals surface area contributed by atoms with Crippen molar-refractivity contribution in [1.29, 1.82) is 0 Å².